The molecule has 3 rings (SSSR count). The third-order valence-corrected chi connectivity index (χ3v) is 4.33. The minimum atomic E-state index is -0.449. The largest absolute Gasteiger partial charge is 0.496 e. The minimum absolute atomic E-state index is 0.0865. The molecule has 2 heterocycles. The van der Waals surface area contributed by atoms with Crippen molar-refractivity contribution in [1.29, 1.82) is 0 Å². The summed E-state index contributed by atoms with van der Waals surface area (Å²) in [6.07, 6.45) is 1.81. The number of piperidine rings is 1. The monoisotopic (exact) mass is 332 g/mol. The molecule has 1 aliphatic rings. The van der Waals surface area contributed by atoms with Crippen molar-refractivity contribution in [2.24, 2.45) is 0 Å². The Morgan fingerprint density at radius 2 is 2.17 bits per heavy atom. The lowest BCUT2D eigenvalue weighted by molar-refractivity contribution is 0.0667. The highest BCUT2D eigenvalue weighted by atomic mass is 19.1. The van der Waals surface area contributed by atoms with Gasteiger partial charge in [0.25, 0.3) is 5.91 Å². The molecule has 0 spiro atoms. The average molecular weight is 332 g/mol. The number of hydrogen-bond acceptors (Lipinski definition) is 4. The van der Waals surface area contributed by atoms with Gasteiger partial charge in [-0.1, -0.05) is 0 Å². The molecule has 6 nitrogen and oxygen atoms in total. The summed E-state index contributed by atoms with van der Waals surface area (Å²) in [5.74, 6) is 1.29. The van der Waals surface area contributed by atoms with Crippen LogP contribution in [0, 0.1) is 19.7 Å². The first-order chi connectivity index (χ1) is 11.5. The first-order valence-electron chi connectivity index (χ1n) is 8.02. The second-order valence-electron chi connectivity index (χ2n) is 6.04. The maximum Gasteiger partial charge on any atom is 0.257 e. The lowest BCUT2D eigenvalue weighted by atomic mass is 10.0. The summed E-state index contributed by atoms with van der Waals surface area (Å²) in [6, 6.07) is 4.09. The fourth-order valence-corrected chi connectivity index (χ4v) is 3.24. The highest BCUT2D eigenvalue weighted by Crippen LogP contribution is 2.26. The number of aryl methyl sites for hydroxylation is 2. The minimum Gasteiger partial charge on any atom is -0.496 e. The first kappa shape index (κ1) is 16.4. The van der Waals surface area contributed by atoms with Crippen LogP contribution < -0.4 is 4.74 Å². The van der Waals surface area contributed by atoms with Crippen molar-refractivity contribution in [3.05, 3.63) is 41.2 Å². The molecule has 0 N–H and O–H groups in total. The number of halogens is 1. The summed E-state index contributed by atoms with van der Waals surface area (Å²) in [5, 5.41) is 4.43. The zero-order valence-electron chi connectivity index (χ0n) is 14.1. The van der Waals surface area contributed by atoms with Gasteiger partial charge in [-0.15, -0.1) is 0 Å². The Morgan fingerprint density at radius 3 is 2.83 bits per heavy atom. The maximum atomic E-state index is 13.6. The van der Waals surface area contributed by atoms with Gasteiger partial charge in [0.05, 0.1) is 18.7 Å². The van der Waals surface area contributed by atoms with Crippen LogP contribution in [0.15, 0.2) is 18.2 Å². The maximum absolute atomic E-state index is 13.6. The molecular weight excluding hydrogens is 311 g/mol. The molecule has 1 aromatic carbocycles. The zero-order chi connectivity index (χ0) is 17.3. The normalized spacial score (nSPS) is 17.8. The van der Waals surface area contributed by atoms with E-state index in [9.17, 15) is 9.18 Å². The summed E-state index contributed by atoms with van der Waals surface area (Å²) in [4.78, 5) is 18.9. The van der Waals surface area contributed by atoms with E-state index in [-0.39, 0.29) is 17.5 Å². The van der Waals surface area contributed by atoms with Crippen molar-refractivity contribution in [2.75, 3.05) is 20.2 Å². The molecule has 0 bridgehead atoms. The van der Waals surface area contributed by atoms with Crippen LogP contribution in [0.2, 0.25) is 0 Å². The van der Waals surface area contributed by atoms with E-state index in [0.717, 1.165) is 24.5 Å². The van der Waals surface area contributed by atoms with E-state index in [1.54, 1.807) is 4.90 Å². The Morgan fingerprint density at radius 1 is 1.38 bits per heavy atom. The van der Waals surface area contributed by atoms with Crippen molar-refractivity contribution in [3.63, 3.8) is 0 Å². The van der Waals surface area contributed by atoms with Gasteiger partial charge < -0.3 is 9.64 Å². The van der Waals surface area contributed by atoms with Gasteiger partial charge in [0, 0.05) is 13.1 Å². The van der Waals surface area contributed by atoms with E-state index in [4.69, 9.17) is 4.74 Å². The number of ether oxygens (including phenoxy) is 1. The van der Waals surface area contributed by atoms with Crippen molar-refractivity contribution in [1.82, 2.24) is 19.7 Å². The van der Waals surface area contributed by atoms with Crippen LogP contribution in [0.4, 0.5) is 4.39 Å². The average Bonchev–Trinajstić information content (AvgIpc) is 2.92. The fraction of sp³-hybridized carbons (Fsp3) is 0.471. The number of nitrogens with zero attached hydrogens (tertiary/aromatic N) is 4. The molecule has 0 saturated carbocycles. The molecular formula is C17H21FN4O2. The van der Waals surface area contributed by atoms with Crippen LogP contribution in [-0.4, -0.2) is 45.8 Å². The van der Waals surface area contributed by atoms with Crippen LogP contribution in [0.5, 0.6) is 5.75 Å². The molecule has 1 aliphatic heterocycles. The number of rotatable bonds is 3. The fourth-order valence-electron chi connectivity index (χ4n) is 3.24. The highest BCUT2D eigenvalue weighted by Gasteiger charge is 2.28. The quantitative estimate of drug-likeness (QED) is 0.866. The molecule has 0 unspecified atom stereocenters. The van der Waals surface area contributed by atoms with Gasteiger partial charge in [-0.25, -0.2) is 14.1 Å². The number of likely N-dealkylation sites (tertiary alicyclic amines) is 1. The second-order valence-corrected chi connectivity index (χ2v) is 6.04. The molecule has 0 radical (unpaired) electrons. The van der Waals surface area contributed by atoms with Gasteiger partial charge in [-0.2, -0.15) is 5.10 Å². The smallest absolute Gasteiger partial charge is 0.257 e. The van der Waals surface area contributed by atoms with Crippen LogP contribution >= 0.6 is 0 Å². The Balaban J connectivity index is 1.83. The predicted molar refractivity (Wildman–Crippen MR) is 86.6 cm³/mol. The molecule has 0 aliphatic carbocycles. The number of carbonyl (C=O) groups is 1. The van der Waals surface area contributed by atoms with E-state index in [0.29, 0.717) is 18.8 Å². The molecule has 1 aromatic heterocycles. The van der Waals surface area contributed by atoms with Crippen LogP contribution in [0.25, 0.3) is 0 Å². The number of aromatic nitrogens is 3. The number of methoxy groups -OCH3 is 1. The molecule has 1 atom stereocenters. The van der Waals surface area contributed by atoms with Gasteiger partial charge in [0.2, 0.25) is 0 Å². The van der Waals surface area contributed by atoms with E-state index >= 15 is 0 Å². The predicted octanol–water partition coefficient (Wildman–Crippen LogP) is 2.52. The van der Waals surface area contributed by atoms with E-state index in [1.807, 2.05) is 18.5 Å². The standard InChI is InChI=1S/C17H21FN4O2/c1-11-19-12(2)22(20-11)14-5-4-8-21(10-14)17(23)15-9-13(18)6-7-16(15)24-3/h6-7,9,14H,4-5,8,10H2,1-3H3/t14-/m1/s1. The highest BCUT2D eigenvalue weighted by molar-refractivity contribution is 5.97. The number of carbonyl (C=O) groups excluding carboxylic acids is 1. The first-order valence-corrected chi connectivity index (χ1v) is 8.02. The van der Waals surface area contributed by atoms with Gasteiger partial charge in [0.15, 0.2) is 0 Å². The summed E-state index contributed by atoms with van der Waals surface area (Å²) in [5.41, 5.74) is 0.254. The molecule has 24 heavy (non-hydrogen) atoms. The Bertz CT molecular complexity index is 759. The molecule has 1 fully saturated rings. The number of hydrogen-bond donors (Lipinski definition) is 0. The Labute approximate surface area is 140 Å². The van der Waals surface area contributed by atoms with Crippen molar-refractivity contribution in [3.8, 4) is 5.75 Å². The number of benzene rings is 1. The second kappa shape index (κ2) is 6.59. The molecule has 1 saturated heterocycles. The topological polar surface area (TPSA) is 60.2 Å². The van der Waals surface area contributed by atoms with Crippen LogP contribution in [0.1, 0.15) is 40.9 Å². The van der Waals surface area contributed by atoms with Crippen molar-refractivity contribution < 1.29 is 13.9 Å². The summed E-state index contributed by atoms with van der Waals surface area (Å²) in [6.45, 7) is 4.94. The van der Waals surface area contributed by atoms with Gasteiger partial charge in [-0.05, 0) is 44.9 Å². The van der Waals surface area contributed by atoms with Gasteiger partial charge in [-0.3, -0.25) is 4.79 Å². The van der Waals surface area contributed by atoms with E-state index in [2.05, 4.69) is 10.1 Å². The lowest BCUT2D eigenvalue weighted by Crippen LogP contribution is -2.41. The van der Waals surface area contributed by atoms with Crippen LogP contribution in [-0.2, 0) is 0 Å². The number of amides is 1. The SMILES string of the molecule is COc1ccc(F)cc1C(=O)N1CCC[C@@H](n2nc(C)nc2C)C1. The van der Waals surface area contributed by atoms with E-state index in [1.165, 1.54) is 25.3 Å². The molecule has 128 valence electrons. The Hall–Kier alpha value is -2.44. The Kier molecular flexibility index (Phi) is 4.51. The zero-order valence-corrected chi connectivity index (χ0v) is 14.1. The van der Waals surface area contributed by atoms with Crippen LogP contribution in [0.3, 0.4) is 0 Å². The third-order valence-electron chi connectivity index (χ3n) is 4.33. The summed E-state index contributed by atoms with van der Waals surface area (Å²) >= 11 is 0. The van der Waals surface area contributed by atoms with E-state index < -0.39 is 5.82 Å². The third kappa shape index (κ3) is 3.11. The summed E-state index contributed by atoms with van der Waals surface area (Å²) < 4.78 is 20.7. The molecule has 7 heteroatoms. The molecule has 2 aromatic rings. The lowest BCUT2D eigenvalue weighted by Gasteiger charge is -2.33. The van der Waals surface area contributed by atoms with Gasteiger partial charge >= 0.3 is 0 Å². The van der Waals surface area contributed by atoms with Gasteiger partial charge in [0.1, 0.15) is 23.2 Å². The summed E-state index contributed by atoms with van der Waals surface area (Å²) in [7, 11) is 1.48. The van der Waals surface area contributed by atoms with Crippen molar-refractivity contribution in [2.45, 2.75) is 32.7 Å². The molecule has 1 amide bonds. The van der Waals surface area contributed by atoms with Crippen molar-refractivity contribution >= 4 is 5.91 Å².